The minimum absolute atomic E-state index is 0.0707. The van der Waals surface area contributed by atoms with Crippen LogP contribution in [0.1, 0.15) is 27.0 Å². The number of fused-ring (bicyclic) bond motifs is 1. The van der Waals surface area contributed by atoms with Gasteiger partial charge in [-0.15, -0.1) is 0 Å². The van der Waals surface area contributed by atoms with Crippen molar-refractivity contribution in [1.29, 1.82) is 0 Å². The molecular weight excluding hydrogens is 346 g/mol. The molecule has 0 fully saturated rings. The summed E-state index contributed by atoms with van der Waals surface area (Å²) in [5.41, 5.74) is 3.37. The fourth-order valence-corrected chi connectivity index (χ4v) is 3.24. The Morgan fingerprint density at radius 3 is 2.46 bits per heavy atom. The first-order chi connectivity index (χ1) is 13.6. The Labute approximate surface area is 163 Å². The lowest BCUT2D eigenvalue weighted by molar-refractivity contribution is 0.103. The van der Waals surface area contributed by atoms with E-state index in [0.29, 0.717) is 22.4 Å². The second-order valence-electron chi connectivity index (χ2n) is 6.69. The van der Waals surface area contributed by atoms with Gasteiger partial charge in [-0.1, -0.05) is 72.3 Å². The molecule has 28 heavy (non-hydrogen) atoms. The lowest BCUT2D eigenvalue weighted by Gasteiger charge is -2.08. The summed E-state index contributed by atoms with van der Waals surface area (Å²) in [6, 6.07) is 26.1. The van der Waals surface area contributed by atoms with Crippen molar-refractivity contribution in [3.05, 3.63) is 107 Å². The number of aliphatic imine (C=N–C) groups is 1. The lowest BCUT2D eigenvalue weighted by Crippen LogP contribution is -2.02. The van der Waals surface area contributed by atoms with Gasteiger partial charge in [-0.25, -0.2) is 0 Å². The zero-order valence-corrected chi connectivity index (χ0v) is 15.5. The van der Waals surface area contributed by atoms with E-state index in [-0.39, 0.29) is 11.5 Å². The van der Waals surface area contributed by atoms with E-state index in [4.69, 9.17) is 0 Å². The number of phenols is 1. The standard InChI is InChI=1S/C25H19NO2/c1-17-11-13-23(21(15-17)25(28)19-8-3-2-4-9-19)26-16-22-20-10-6-5-7-18(20)12-14-24(22)27/h2-16,27H,1H3. The van der Waals surface area contributed by atoms with Gasteiger partial charge in [0.1, 0.15) is 5.75 Å². The average Bonchev–Trinajstić information content (AvgIpc) is 2.74. The fourth-order valence-electron chi connectivity index (χ4n) is 3.24. The van der Waals surface area contributed by atoms with Crippen LogP contribution in [0, 0.1) is 6.92 Å². The Balaban J connectivity index is 1.80. The molecule has 4 aromatic rings. The van der Waals surface area contributed by atoms with Gasteiger partial charge in [0.25, 0.3) is 0 Å². The minimum atomic E-state index is -0.0707. The third-order valence-electron chi connectivity index (χ3n) is 4.71. The van der Waals surface area contributed by atoms with Crippen LogP contribution in [0.4, 0.5) is 5.69 Å². The van der Waals surface area contributed by atoms with Crippen LogP contribution < -0.4 is 0 Å². The number of nitrogens with zero attached hydrogens (tertiary/aromatic N) is 1. The highest BCUT2D eigenvalue weighted by Crippen LogP contribution is 2.28. The molecule has 0 aliphatic heterocycles. The van der Waals surface area contributed by atoms with Crippen molar-refractivity contribution < 1.29 is 9.90 Å². The summed E-state index contributed by atoms with van der Waals surface area (Å²) in [5, 5.41) is 12.3. The SMILES string of the molecule is Cc1ccc(N=Cc2c(O)ccc3ccccc23)c(C(=O)c2ccccc2)c1. The predicted molar refractivity (Wildman–Crippen MR) is 114 cm³/mol. The van der Waals surface area contributed by atoms with Gasteiger partial charge >= 0.3 is 0 Å². The number of hydrogen-bond donors (Lipinski definition) is 1. The highest BCUT2D eigenvalue weighted by Gasteiger charge is 2.14. The highest BCUT2D eigenvalue weighted by atomic mass is 16.3. The largest absolute Gasteiger partial charge is 0.507 e. The van der Waals surface area contributed by atoms with E-state index in [2.05, 4.69) is 4.99 Å². The maximum atomic E-state index is 13.0. The maximum absolute atomic E-state index is 13.0. The van der Waals surface area contributed by atoms with Crippen molar-refractivity contribution in [2.45, 2.75) is 6.92 Å². The van der Waals surface area contributed by atoms with Gasteiger partial charge in [-0.3, -0.25) is 9.79 Å². The number of benzene rings is 4. The molecule has 4 rings (SSSR count). The molecule has 0 spiro atoms. The molecular formula is C25H19NO2. The first-order valence-corrected chi connectivity index (χ1v) is 9.08. The number of carbonyl (C=O) groups is 1. The van der Waals surface area contributed by atoms with Crippen molar-refractivity contribution >= 4 is 28.5 Å². The second-order valence-corrected chi connectivity index (χ2v) is 6.69. The van der Waals surface area contributed by atoms with E-state index in [9.17, 15) is 9.90 Å². The molecule has 0 unspecified atom stereocenters. The quantitative estimate of drug-likeness (QED) is 0.365. The molecule has 0 bridgehead atoms. The minimum Gasteiger partial charge on any atom is -0.507 e. The predicted octanol–water partition coefficient (Wildman–Crippen LogP) is 5.84. The molecule has 1 N–H and O–H groups in total. The Morgan fingerprint density at radius 1 is 0.893 bits per heavy atom. The van der Waals surface area contributed by atoms with Crippen LogP contribution in [0.5, 0.6) is 5.75 Å². The van der Waals surface area contributed by atoms with E-state index >= 15 is 0 Å². The normalized spacial score (nSPS) is 11.2. The van der Waals surface area contributed by atoms with Gasteiger partial charge in [-0.2, -0.15) is 0 Å². The molecule has 0 radical (unpaired) electrons. The number of phenolic OH excluding ortho intramolecular Hbond substituents is 1. The van der Waals surface area contributed by atoms with E-state index in [1.165, 1.54) is 0 Å². The zero-order chi connectivity index (χ0) is 19.5. The van der Waals surface area contributed by atoms with Crippen molar-refractivity contribution in [2.75, 3.05) is 0 Å². The van der Waals surface area contributed by atoms with Crippen molar-refractivity contribution in [2.24, 2.45) is 4.99 Å². The van der Waals surface area contributed by atoms with Gasteiger partial charge in [0.15, 0.2) is 5.78 Å². The lowest BCUT2D eigenvalue weighted by atomic mass is 10.00. The summed E-state index contributed by atoms with van der Waals surface area (Å²) in [7, 11) is 0. The number of ketones is 1. The maximum Gasteiger partial charge on any atom is 0.195 e. The highest BCUT2D eigenvalue weighted by molar-refractivity contribution is 6.12. The van der Waals surface area contributed by atoms with E-state index in [0.717, 1.165) is 16.3 Å². The van der Waals surface area contributed by atoms with Crippen LogP contribution in [0.2, 0.25) is 0 Å². The van der Waals surface area contributed by atoms with Crippen molar-refractivity contribution in [3.63, 3.8) is 0 Å². The van der Waals surface area contributed by atoms with Crippen LogP contribution in [-0.2, 0) is 0 Å². The fraction of sp³-hybridized carbons (Fsp3) is 0.0400. The van der Waals surface area contributed by atoms with Gasteiger partial charge in [0, 0.05) is 22.9 Å². The molecule has 0 atom stereocenters. The van der Waals surface area contributed by atoms with Crippen LogP contribution in [0.25, 0.3) is 10.8 Å². The monoisotopic (exact) mass is 365 g/mol. The van der Waals surface area contributed by atoms with Gasteiger partial charge in [0.05, 0.1) is 5.69 Å². The summed E-state index contributed by atoms with van der Waals surface area (Å²) in [4.78, 5) is 17.6. The molecule has 0 heterocycles. The Hall–Kier alpha value is -3.72. The summed E-state index contributed by atoms with van der Waals surface area (Å²) < 4.78 is 0. The number of aromatic hydroxyl groups is 1. The molecule has 3 heteroatoms. The number of rotatable bonds is 4. The number of carbonyl (C=O) groups excluding carboxylic acids is 1. The average molecular weight is 365 g/mol. The van der Waals surface area contributed by atoms with E-state index < -0.39 is 0 Å². The molecule has 0 aromatic heterocycles. The number of hydrogen-bond acceptors (Lipinski definition) is 3. The Kier molecular flexibility index (Phi) is 4.73. The third-order valence-corrected chi connectivity index (χ3v) is 4.71. The Morgan fingerprint density at radius 2 is 1.64 bits per heavy atom. The van der Waals surface area contributed by atoms with Crippen molar-refractivity contribution in [3.8, 4) is 5.75 Å². The molecule has 0 amide bonds. The summed E-state index contributed by atoms with van der Waals surface area (Å²) in [6.07, 6.45) is 1.63. The zero-order valence-electron chi connectivity index (χ0n) is 15.5. The topological polar surface area (TPSA) is 49.7 Å². The Bertz CT molecular complexity index is 1190. The number of aryl methyl sites for hydroxylation is 1. The van der Waals surface area contributed by atoms with Gasteiger partial charge in [-0.05, 0) is 35.9 Å². The molecule has 0 aliphatic rings. The van der Waals surface area contributed by atoms with Crippen LogP contribution in [0.3, 0.4) is 0 Å². The van der Waals surface area contributed by atoms with Gasteiger partial charge in [0.2, 0.25) is 0 Å². The summed E-state index contributed by atoms with van der Waals surface area (Å²) in [6.45, 7) is 1.95. The van der Waals surface area contributed by atoms with E-state index in [1.807, 2.05) is 73.7 Å². The summed E-state index contributed by atoms with van der Waals surface area (Å²) in [5.74, 6) is 0.0871. The molecule has 0 saturated carbocycles. The molecule has 0 saturated heterocycles. The van der Waals surface area contributed by atoms with Gasteiger partial charge < -0.3 is 5.11 Å². The third kappa shape index (κ3) is 3.42. The van der Waals surface area contributed by atoms with E-state index in [1.54, 1.807) is 24.4 Å². The van der Waals surface area contributed by atoms with Crippen LogP contribution >= 0.6 is 0 Å². The molecule has 4 aromatic carbocycles. The first-order valence-electron chi connectivity index (χ1n) is 9.08. The molecule has 3 nitrogen and oxygen atoms in total. The van der Waals surface area contributed by atoms with Crippen LogP contribution in [-0.4, -0.2) is 17.1 Å². The van der Waals surface area contributed by atoms with Crippen molar-refractivity contribution in [1.82, 2.24) is 0 Å². The van der Waals surface area contributed by atoms with Crippen LogP contribution in [0.15, 0.2) is 89.9 Å². The second kappa shape index (κ2) is 7.49. The summed E-state index contributed by atoms with van der Waals surface area (Å²) >= 11 is 0. The molecule has 136 valence electrons. The molecule has 0 aliphatic carbocycles. The smallest absolute Gasteiger partial charge is 0.195 e. The first kappa shape index (κ1) is 17.7.